The molecule has 94 valence electrons. The Bertz CT molecular complexity index is 570. The van der Waals surface area contributed by atoms with Crippen LogP contribution in [0.1, 0.15) is 30.5 Å². The normalized spacial score (nSPS) is 19.5. The molecular formula is C14H18N4. The first-order valence-corrected chi connectivity index (χ1v) is 6.50. The number of aryl methyl sites for hydroxylation is 1. The number of allylic oxidation sites excluding steroid dienone is 1. The van der Waals surface area contributed by atoms with Crippen molar-refractivity contribution in [3.63, 3.8) is 0 Å². The Kier molecular flexibility index (Phi) is 3.11. The number of hydrogen-bond donors (Lipinski definition) is 1. The first-order chi connectivity index (χ1) is 8.81. The van der Waals surface area contributed by atoms with Crippen molar-refractivity contribution in [3.8, 4) is 0 Å². The number of aromatic nitrogens is 3. The predicted molar refractivity (Wildman–Crippen MR) is 71.3 cm³/mol. The molecule has 2 aromatic heterocycles. The van der Waals surface area contributed by atoms with E-state index in [1.54, 1.807) is 0 Å². The van der Waals surface area contributed by atoms with Gasteiger partial charge in [0, 0.05) is 36.6 Å². The molecular weight excluding hydrogens is 224 g/mol. The van der Waals surface area contributed by atoms with Gasteiger partial charge in [-0.3, -0.25) is 0 Å². The van der Waals surface area contributed by atoms with E-state index in [-0.39, 0.29) is 0 Å². The third-order valence-electron chi connectivity index (χ3n) is 3.35. The molecule has 0 fully saturated rings. The second-order valence-electron chi connectivity index (χ2n) is 4.91. The van der Waals surface area contributed by atoms with Crippen LogP contribution in [0.2, 0.25) is 0 Å². The number of nitrogens with zero attached hydrogens (tertiary/aromatic N) is 3. The second kappa shape index (κ2) is 4.90. The van der Waals surface area contributed by atoms with Gasteiger partial charge in [0.2, 0.25) is 0 Å². The van der Waals surface area contributed by atoms with Gasteiger partial charge in [0.25, 0.3) is 0 Å². The first kappa shape index (κ1) is 11.4. The lowest BCUT2D eigenvalue weighted by Gasteiger charge is -2.19. The Balaban J connectivity index is 1.68. The van der Waals surface area contributed by atoms with Gasteiger partial charge in [0.1, 0.15) is 0 Å². The van der Waals surface area contributed by atoms with Crippen LogP contribution in [0.4, 0.5) is 0 Å². The van der Waals surface area contributed by atoms with Crippen molar-refractivity contribution in [2.75, 3.05) is 0 Å². The maximum Gasteiger partial charge on any atom is 0.155 e. The van der Waals surface area contributed by atoms with E-state index >= 15 is 0 Å². The van der Waals surface area contributed by atoms with Crippen molar-refractivity contribution in [1.82, 2.24) is 19.9 Å². The van der Waals surface area contributed by atoms with E-state index in [9.17, 15) is 0 Å². The van der Waals surface area contributed by atoms with E-state index in [1.165, 1.54) is 18.4 Å². The van der Waals surface area contributed by atoms with E-state index in [2.05, 4.69) is 33.7 Å². The summed E-state index contributed by atoms with van der Waals surface area (Å²) in [6.45, 7) is 2.85. The highest BCUT2D eigenvalue weighted by atomic mass is 15.2. The van der Waals surface area contributed by atoms with Gasteiger partial charge in [-0.2, -0.15) is 5.10 Å². The fourth-order valence-electron chi connectivity index (χ4n) is 2.37. The summed E-state index contributed by atoms with van der Waals surface area (Å²) in [4.78, 5) is 4.41. The third kappa shape index (κ3) is 2.43. The van der Waals surface area contributed by atoms with Crippen molar-refractivity contribution in [1.29, 1.82) is 0 Å². The zero-order valence-corrected chi connectivity index (χ0v) is 10.6. The molecule has 0 saturated carbocycles. The van der Waals surface area contributed by atoms with E-state index in [1.807, 2.05) is 23.7 Å². The van der Waals surface area contributed by atoms with Crippen LogP contribution >= 0.6 is 0 Å². The molecule has 1 aliphatic carbocycles. The van der Waals surface area contributed by atoms with Crippen molar-refractivity contribution in [3.05, 3.63) is 41.9 Å². The second-order valence-corrected chi connectivity index (χ2v) is 4.91. The Morgan fingerprint density at radius 1 is 1.44 bits per heavy atom. The zero-order chi connectivity index (χ0) is 12.4. The molecule has 2 aromatic rings. The molecule has 1 aliphatic rings. The minimum absolute atomic E-state index is 0.602. The lowest BCUT2D eigenvalue weighted by Crippen LogP contribution is -2.29. The topological polar surface area (TPSA) is 42.2 Å². The molecule has 0 spiro atoms. The Labute approximate surface area is 107 Å². The average molecular weight is 242 g/mol. The minimum atomic E-state index is 0.602. The minimum Gasteiger partial charge on any atom is -0.309 e. The number of rotatable bonds is 3. The lowest BCUT2D eigenvalue weighted by molar-refractivity contribution is 0.473. The Morgan fingerprint density at radius 2 is 2.39 bits per heavy atom. The van der Waals surface area contributed by atoms with Crippen molar-refractivity contribution in [2.45, 2.75) is 38.8 Å². The van der Waals surface area contributed by atoms with Crippen LogP contribution in [0.25, 0.3) is 5.65 Å². The maximum atomic E-state index is 4.41. The average Bonchev–Trinajstić information content (AvgIpc) is 2.77. The lowest BCUT2D eigenvalue weighted by atomic mass is 10.0. The van der Waals surface area contributed by atoms with Crippen LogP contribution in [0, 0.1) is 6.92 Å². The van der Waals surface area contributed by atoms with Crippen molar-refractivity contribution < 1.29 is 0 Å². The van der Waals surface area contributed by atoms with Gasteiger partial charge < -0.3 is 5.32 Å². The molecule has 0 saturated heterocycles. The first-order valence-electron chi connectivity index (χ1n) is 6.50. The highest BCUT2D eigenvalue weighted by Crippen LogP contribution is 2.11. The quantitative estimate of drug-likeness (QED) is 0.839. The van der Waals surface area contributed by atoms with Crippen LogP contribution < -0.4 is 5.32 Å². The van der Waals surface area contributed by atoms with Crippen LogP contribution in [0.3, 0.4) is 0 Å². The standard InChI is InChI=1S/C14H18N4/c1-11-7-14-16-9-12(10-18(14)17-11)8-15-13-5-3-2-4-6-13/h2-3,7,9-10,13,15H,4-6,8H2,1H3. The van der Waals surface area contributed by atoms with E-state index in [0.717, 1.165) is 24.3 Å². The van der Waals surface area contributed by atoms with Gasteiger partial charge in [-0.25, -0.2) is 9.50 Å². The van der Waals surface area contributed by atoms with E-state index in [0.29, 0.717) is 6.04 Å². The largest absolute Gasteiger partial charge is 0.309 e. The fourth-order valence-corrected chi connectivity index (χ4v) is 2.37. The SMILES string of the molecule is Cc1cc2ncc(CNC3CC=CCC3)cn2n1. The van der Waals surface area contributed by atoms with E-state index in [4.69, 9.17) is 0 Å². The Hall–Kier alpha value is -1.68. The molecule has 4 heteroatoms. The Morgan fingerprint density at radius 3 is 3.22 bits per heavy atom. The van der Waals surface area contributed by atoms with Gasteiger partial charge in [-0.15, -0.1) is 0 Å². The number of nitrogens with one attached hydrogen (secondary N) is 1. The smallest absolute Gasteiger partial charge is 0.155 e. The predicted octanol–water partition coefficient (Wildman–Crippen LogP) is 2.24. The highest BCUT2D eigenvalue weighted by Gasteiger charge is 2.09. The molecule has 1 unspecified atom stereocenters. The summed E-state index contributed by atoms with van der Waals surface area (Å²) in [5.41, 5.74) is 3.10. The number of hydrogen-bond acceptors (Lipinski definition) is 3. The summed E-state index contributed by atoms with van der Waals surface area (Å²) >= 11 is 0. The third-order valence-corrected chi connectivity index (χ3v) is 3.35. The number of fused-ring (bicyclic) bond motifs is 1. The molecule has 0 radical (unpaired) electrons. The van der Waals surface area contributed by atoms with Gasteiger partial charge in [0.05, 0.1) is 5.69 Å². The highest BCUT2D eigenvalue weighted by molar-refractivity contribution is 5.38. The summed E-state index contributed by atoms with van der Waals surface area (Å²) in [6, 6.07) is 2.59. The molecule has 1 atom stereocenters. The monoisotopic (exact) mass is 242 g/mol. The molecule has 0 aromatic carbocycles. The molecule has 0 aliphatic heterocycles. The summed E-state index contributed by atoms with van der Waals surface area (Å²) in [7, 11) is 0. The molecule has 18 heavy (non-hydrogen) atoms. The van der Waals surface area contributed by atoms with Gasteiger partial charge in [0.15, 0.2) is 5.65 Å². The summed E-state index contributed by atoms with van der Waals surface area (Å²) in [6.07, 6.45) is 12.1. The zero-order valence-electron chi connectivity index (χ0n) is 10.6. The van der Waals surface area contributed by atoms with Crippen LogP contribution in [0.15, 0.2) is 30.6 Å². The van der Waals surface area contributed by atoms with Gasteiger partial charge >= 0.3 is 0 Å². The summed E-state index contributed by atoms with van der Waals surface area (Å²) in [5, 5.41) is 7.96. The van der Waals surface area contributed by atoms with Crippen molar-refractivity contribution >= 4 is 5.65 Å². The molecule has 0 bridgehead atoms. The molecule has 4 nitrogen and oxygen atoms in total. The molecule has 2 heterocycles. The molecule has 1 N–H and O–H groups in total. The maximum absolute atomic E-state index is 4.41. The molecule has 3 rings (SSSR count). The van der Waals surface area contributed by atoms with E-state index < -0.39 is 0 Å². The van der Waals surface area contributed by atoms with Crippen LogP contribution in [-0.2, 0) is 6.54 Å². The van der Waals surface area contributed by atoms with Crippen molar-refractivity contribution in [2.24, 2.45) is 0 Å². The van der Waals surface area contributed by atoms with Crippen LogP contribution in [0.5, 0.6) is 0 Å². The van der Waals surface area contributed by atoms with Crippen LogP contribution in [-0.4, -0.2) is 20.6 Å². The van der Waals surface area contributed by atoms with Gasteiger partial charge in [-0.05, 0) is 26.2 Å². The summed E-state index contributed by atoms with van der Waals surface area (Å²) in [5.74, 6) is 0. The molecule has 0 amide bonds. The fraction of sp³-hybridized carbons (Fsp3) is 0.429. The summed E-state index contributed by atoms with van der Waals surface area (Å²) < 4.78 is 1.85. The van der Waals surface area contributed by atoms with Gasteiger partial charge in [-0.1, -0.05) is 12.2 Å².